The van der Waals surface area contributed by atoms with Gasteiger partial charge in [0.25, 0.3) is 0 Å². The van der Waals surface area contributed by atoms with Crippen LogP contribution >= 0.6 is 22.6 Å². The number of benzene rings is 1. The molecular formula is C26H33IN6O4. The normalized spacial score (nSPS) is 14.3. The van der Waals surface area contributed by atoms with Gasteiger partial charge >= 0.3 is 6.09 Å². The number of hydrogen-bond donors (Lipinski definition) is 1. The molecule has 0 aliphatic carbocycles. The Hall–Kier alpha value is -3.09. The summed E-state index contributed by atoms with van der Waals surface area (Å²) in [5, 5.41) is 0. The van der Waals surface area contributed by atoms with Crippen molar-refractivity contribution in [1.82, 2.24) is 24.4 Å². The fraction of sp³-hybridized carbons (Fsp3) is 0.462. The minimum absolute atomic E-state index is 0.0142. The number of aromatic nitrogens is 4. The predicted molar refractivity (Wildman–Crippen MR) is 149 cm³/mol. The highest BCUT2D eigenvalue weighted by Crippen LogP contribution is 2.38. The molecule has 1 atom stereocenters. The number of amides is 1. The molecule has 2 N–H and O–H groups in total. The number of fused-ring (bicyclic) bond motifs is 1. The lowest BCUT2D eigenvalue weighted by Gasteiger charge is -2.30. The van der Waals surface area contributed by atoms with E-state index in [2.05, 4.69) is 38.6 Å². The van der Waals surface area contributed by atoms with Gasteiger partial charge in [-0.15, -0.1) is 0 Å². The molecule has 1 unspecified atom stereocenters. The highest BCUT2D eigenvalue weighted by molar-refractivity contribution is 14.1. The van der Waals surface area contributed by atoms with E-state index < -0.39 is 5.60 Å². The van der Waals surface area contributed by atoms with E-state index in [-0.39, 0.29) is 24.8 Å². The van der Waals surface area contributed by atoms with Gasteiger partial charge in [-0.2, -0.15) is 0 Å². The monoisotopic (exact) mass is 620 g/mol. The van der Waals surface area contributed by atoms with E-state index in [0.717, 1.165) is 15.0 Å². The van der Waals surface area contributed by atoms with E-state index in [1.807, 2.05) is 57.4 Å². The first kappa shape index (κ1) is 27.0. The van der Waals surface area contributed by atoms with Gasteiger partial charge in [0.2, 0.25) is 6.79 Å². The molecule has 3 heterocycles. The van der Waals surface area contributed by atoms with E-state index in [9.17, 15) is 4.79 Å². The molecule has 1 amide bonds. The summed E-state index contributed by atoms with van der Waals surface area (Å²) in [7, 11) is 0. The standard InChI is InChI=1S/C26H33IN6O4/c1-16(2)32(25(34)37-26(3,4)5)11-8-12-33-23(31-21-22(28)29-14-30-24(21)33)20(19-13-35-15-36-19)17-9-6-7-10-18(17)27/h6-7,9-10,13-14,16,20H,8,11-12,15H2,1-5H3,(H2,28,29,30). The Labute approximate surface area is 230 Å². The lowest BCUT2D eigenvalue weighted by molar-refractivity contribution is 0.0187. The minimum Gasteiger partial charge on any atom is -0.462 e. The van der Waals surface area contributed by atoms with E-state index >= 15 is 0 Å². The molecule has 0 spiro atoms. The summed E-state index contributed by atoms with van der Waals surface area (Å²) in [5.74, 6) is 1.35. The van der Waals surface area contributed by atoms with Gasteiger partial charge < -0.3 is 29.4 Å². The summed E-state index contributed by atoms with van der Waals surface area (Å²) in [5.41, 5.74) is 7.83. The Morgan fingerprint density at radius 2 is 2.03 bits per heavy atom. The van der Waals surface area contributed by atoms with Crippen molar-refractivity contribution >= 4 is 45.7 Å². The third kappa shape index (κ3) is 6.08. The van der Waals surface area contributed by atoms with Crippen LogP contribution in [0.5, 0.6) is 0 Å². The number of allylic oxidation sites excluding steroid dienone is 1. The van der Waals surface area contributed by atoms with Crippen LogP contribution in [-0.2, 0) is 20.8 Å². The number of anilines is 1. The molecule has 3 aromatic rings. The van der Waals surface area contributed by atoms with Crippen molar-refractivity contribution in [2.24, 2.45) is 0 Å². The Bertz CT molecular complexity index is 1300. The first-order valence-electron chi connectivity index (χ1n) is 12.2. The van der Waals surface area contributed by atoms with Gasteiger partial charge in [0, 0.05) is 22.7 Å². The lowest BCUT2D eigenvalue weighted by atomic mass is 9.96. The molecule has 0 radical (unpaired) electrons. The van der Waals surface area contributed by atoms with Crippen LogP contribution in [0.15, 0.2) is 42.6 Å². The predicted octanol–water partition coefficient (Wildman–Crippen LogP) is 5.03. The number of hydrogen-bond acceptors (Lipinski definition) is 8. The quantitative estimate of drug-likeness (QED) is 0.349. The molecule has 10 nitrogen and oxygen atoms in total. The van der Waals surface area contributed by atoms with Crippen LogP contribution in [-0.4, -0.2) is 55.5 Å². The second-order valence-electron chi connectivity index (χ2n) is 10.1. The number of aryl methyl sites for hydroxylation is 1. The van der Waals surface area contributed by atoms with Gasteiger partial charge in [0.05, 0.1) is 0 Å². The van der Waals surface area contributed by atoms with Crippen LogP contribution in [0.3, 0.4) is 0 Å². The molecular weight excluding hydrogens is 587 g/mol. The van der Waals surface area contributed by atoms with E-state index in [1.165, 1.54) is 6.33 Å². The zero-order valence-corrected chi connectivity index (χ0v) is 23.9. The van der Waals surface area contributed by atoms with Crippen LogP contribution in [0.25, 0.3) is 11.2 Å². The van der Waals surface area contributed by atoms with Crippen molar-refractivity contribution in [3.05, 3.63) is 57.6 Å². The topological polar surface area (TPSA) is 118 Å². The summed E-state index contributed by atoms with van der Waals surface area (Å²) in [4.78, 5) is 28.1. The smallest absolute Gasteiger partial charge is 0.410 e. The van der Waals surface area contributed by atoms with E-state index in [1.54, 1.807) is 11.2 Å². The summed E-state index contributed by atoms with van der Waals surface area (Å²) < 4.78 is 20.0. The fourth-order valence-electron chi connectivity index (χ4n) is 4.22. The zero-order chi connectivity index (χ0) is 26.7. The maximum absolute atomic E-state index is 12.8. The number of imidazole rings is 1. The molecule has 4 rings (SSSR count). The van der Waals surface area contributed by atoms with Gasteiger partial charge in [0.15, 0.2) is 17.0 Å². The van der Waals surface area contributed by atoms with Crippen molar-refractivity contribution in [3.8, 4) is 0 Å². The van der Waals surface area contributed by atoms with Gasteiger partial charge in [-0.3, -0.25) is 0 Å². The van der Waals surface area contributed by atoms with Gasteiger partial charge in [0.1, 0.15) is 35.7 Å². The number of carbonyl (C=O) groups excluding carboxylic acids is 1. The second kappa shape index (κ2) is 11.1. The Balaban J connectivity index is 1.71. The summed E-state index contributed by atoms with van der Waals surface area (Å²) in [6.07, 6.45) is 3.39. The minimum atomic E-state index is -0.566. The average molecular weight is 620 g/mol. The molecule has 37 heavy (non-hydrogen) atoms. The first-order chi connectivity index (χ1) is 17.6. The average Bonchev–Trinajstić information content (AvgIpc) is 3.46. The number of nitrogens with two attached hydrogens (primary N) is 1. The third-order valence-corrected chi connectivity index (χ3v) is 6.86. The number of nitrogens with zero attached hydrogens (tertiary/aromatic N) is 5. The van der Waals surface area contributed by atoms with Gasteiger partial charge in [-0.1, -0.05) is 18.2 Å². The van der Waals surface area contributed by atoms with Crippen LogP contribution in [0.1, 0.15) is 58.3 Å². The number of ether oxygens (including phenoxy) is 3. The van der Waals surface area contributed by atoms with Crippen molar-refractivity contribution in [2.75, 3.05) is 19.1 Å². The van der Waals surface area contributed by atoms with Gasteiger partial charge in [-0.25, -0.2) is 19.7 Å². The number of halogens is 1. The van der Waals surface area contributed by atoms with E-state index in [0.29, 0.717) is 42.3 Å². The first-order valence-corrected chi connectivity index (χ1v) is 13.3. The molecule has 0 saturated carbocycles. The number of nitrogen functional groups attached to an aromatic ring is 1. The molecule has 0 bridgehead atoms. The second-order valence-corrected chi connectivity index (χ2v) is 11.2. The number of carbonyl (C=O) groups is 1. The molecule has 198 valence electrons. The lowest BCUT2D eigenvalue weighted by Crippen LogP contribution is -2.41. The van der Waals surface area contributed by atoms with Crippen LogP contribution in [0.4, 0.5) is 10.6 Å². The molecule has 1 aliphatic rings. The molecule has 11 heteroatoms. The van der Waals surface area contributed by atoms with Gasteiger partial charge in [-0.05, 0) is 75.3 Å². The largest absolute Gasteiger partial charge is 0.462 e. The Kier molecular flexibility index (Phi) is 8.10. The van der Waals surface area contributed by atoms with Crippen LogP contribution in [0.2, 0.25) is 0 Å². The highest BCUT2D eigenvalue weighted by Gasteiger charge is 2.32. The summed E-state index contributed by atoms with van der Waals surface area (Å²) >= 11 is 2.32. The maximum Gasteiger partial charge on any atom is 0.410 e. The molecule has 1 aromatic carbocycles. The molecule has 0 saturated heterocycles. The highest BCUT2D eigenvalue weighted by atomic mass is 127. The Morgan fingerprint density at radius 3 is 2.68 bits per heavy atom. The third-order valence-electron chi connectivity index (χ3n) is 5.87. The number of rotatable bonds is 8. The van der Waals surface area contributed by atoms with Crippen LogP contribution < -0.4 is 5.73 Å². The molecule has 2 aromatic heterocycles. The summed E-state index contributed by atoms with van der Waals surface area (Å²) in [6, 6.07) is 8.06. The zero-order valence-electron chi connectivity index (χ0n) is 21.8. The van der Waals surface area contributed by atoms with E-state index in [4.69, 9.17) is 24.9 Å². The van der Waals surface area contributed by atoms with Crippen LogP contribution in [0, 0.1) is 3.57 Å². The Morgan fingerprint density at radius 1 is 1.27 bits per heavy atom. The van der Waals surface area contributed by atoms with Crippen molar-refractivity contribution in [1.29, 1.82) is 0 Å². The molecule has 1 aliphatic heterocycles. The SMILES string of the molecule is CC(C)N(CCCn1c(C(C2=COCO2)c2ccccc2I)nc2c(N)ncnc21)C(=O)OC(C)(C)C. The van der Waals surface area contributed by atoms with Crippen molar-refractivity contribution < 1.29 is 19.0 Å². The summed E-state index contributed by atoms with van der Waals surface area (Å²) in [6.45, 7) is 10.8. The maximum atomic E-state index is 12.8. The molecule has 0 fully saturated rings. The fourth-order valence-corrected chi connectivity index (χ4v) is 4.92. The van der Waals surface area contributed by atoms with Crippen molar-refractivity contribution in [3.63, 3.8) is 0 Å². The van der Waals surface area contributed by atoms with Crippen molar-refractivity contribution in [2.45, 2.75) is 65.1 Å².